The first kappa shape index (κ1) is 16.2. The second kappa shape index (κ2) is 7.17. The predicted octanol–water partition coefficient (Wildman–Crippen LogP) is 2.18. The Morgan fingerprint density at radius 1 is 1.36 bits per heavy atom. The summed E-state index contributed by atoms with van der Waals surface area (Å²) in [6.07, 6.45) is 2.01. The maximum Gasteiger partial charge on any atom is 0.354 e. The van der Waals surface area contributed by atoms with E-state index in [1.54, 1.807) is 6.07 Å². The van der Waals surface area contributed by atoms with Crippen LogP contribution in [-0.4, -0.2) is 44.7 Å². The van der Waals surface area contributed by atoms with Gasteiger partial charge in [0.1, 0.15) is 5.69 Å². The topological polar surface area (TPSA) is 82.1 Å². The average Bonchev–Trinajstić information content (AvgIpc) is 2.79. The van der Waals surface area contributed by atoms with Crippen LogP contribution in [0.1, 0.15) is 39.6 Å². The van der Waals surface area contributed by atoms with Crippen molar-refractivity contribution in [1.82, 2.24) is 20.1 Å². The van der Waals surface area contributed by atoms with Gasteiger partial charge in [-0.3, -0.25) is 5.10 Å². The lowest BCUT2D eigenvalue weighted by Crippen LogP contribution is -2.20. The van der Waals surface area contributed by atoms with Gasteiger partial charge < -0.3 is 10.0 Å². The number of rotatable bonds is 7. The molecule has 6 nitrogen and oxygen atoms in total. The van der Waals surface area contributed by atoms with E-state index in [0.717, 1.165) is 36.5 Å². The first-order valence-electron chi connectivity index (χ1n) is 7.35. The van der Waals surface area contributed by atoms with Gasteiger partial charge in [-0.15, -0.1) is 0 Å². The summed E-state index contributed by atoms with van der Waals surface area (Å²) in [5.74, 6) is -0.990. The van der Waals surface area contributed by atoms with E-state index in [2.05, 4.69) is 20.1 Å². The molecule has 0 atom stereocenters. The number of aromatic amines is 1. The lowest BCUT2D eigenvalue weighted by molar-refractivity contribution is 0.0690. The van der Waals surface area contributed by atoms with Crippen LogP contribution in [0, 0.1) is 13.8 Å². The van der Waals surface area contributed by atoms with Gasteiger partial charge in [-0.25, -0.2) is 9.78 Å². The van der Waals surface area contributed by atoms with Crippen molar-refractivity contribution in [3.8, 4) is 0 Å². The van der Waals surface area contributed by atoms with Crippen LogP contribution in [0.4, 0.5) is 0 Å². The summed E-state index contributed by atoms with van der Waals surface area (Å²) in [6, 6.07) is 5.10. The van der Waals surface area contributed by atoms with Crippen molar-refractivity contribution in [2.45, 2.75) is 33.2 Å². The summed E-state index contributed by atoms with van der Waals surface area (Å²) in [5.41, 5.74) is 4.36. The number of nitrogens with zero attached hydrogens (tertiary/aromatic N) is 3. The minimum atomic E-state index is -0.990. The monoisotopic (exact) mass is 302 g/mol. The summed E-state index contributed by atoms with van der Waals surface area (Å²) in [4.78, 5) is 17.2. The molecule has 0 radical (unpaired) electrons. The molecule has 0 saturated heterocycles. The number of carbonyl (C=O) groups is 1. The number of aromatic nitrogens is 3. The van der Waals surface area contributed by atoms with Crippen LogP contribution in [0.3, 0.4) is 0 Å². The highest BCUT2D eigenvalue weighted by Gasteiger charge is 2.09. The molecule has 2 N–H and O–H groups in total. The Kier molecular flexibility index (Phi) is 5.27. The fourth-order valence-electron chi connectivity index (χ4n) is 2.51. The largest absolute Gasteiger partial charge is 0.477 e. The zero-order chi connectivity index (χ0) is 16.1. The highest BCUT2D eigenvalue weighted by molar-refractivity contribution is 5.85. The number of carboxylic acid groups (broad SMARTS) is 1. The molecule has 0 bridgehead atoms. The van der Waals surface area contributed by atoms with Crippen LogP contribution in [0.5, 0.6) is 0 Å². The van der Waals surface area contributed by atoms with Gasteiger partial charge in [0.25, 0.3) is 0 Å². The molecule has 0 aliphatic heterocycles. The Bertz CT molecular complexity index is 632. The van der Waals surface area contributed by atoms with E-state index >= 15 is 0 Å². The number of aryl methyl sites for hydroxylation is 2. The molecule has 118 valence electrons. The van der Waals surface area contributed by atoms with Crippen molar-refractivity contribution in [3.63, 3.8) is 0 Å². The molecular formula is C16H22N4O2. The van der Waals surface area contributed by atoms with Crippen LogP contribution in [0.2, 0.25) is 0 Å². The van der Waals surface area contributed by atoms with E-state index in [-0.39, 0.29) is 5.69 Å². The van der Waals surface area contributed by atoms with E-state index < -0.39 is 5.97 Å². The molecule has 6 heteroatoms. The van der Waals surface area contributed by atoms with Crippen LogP contribution in [0.25, 0.3) is 0 Å². The summed E-state index contributed by atoms with van der Waals surface area (Å²) in [7, 11) is 2.02. The van der Waals surface area contributed by atoms with Gasteiger partial charge in [-0.2, -0.15) is 5.10 Å². The van der Waals surface area contributed by atoms with Crippen LogP contribution in [-0.2, 0) is 13.0 Å². The average molecular weight is 302 g/mol. The predicted molar refractivity (Wildman–Crippen MR) is 83.9 cm³/mol. The molecule has 2 aromatic heterocycles. The number of hydrogen-bond acceptors (Lipinski definition) is 4. The molecule has 22 heavy (non-hydrogen) atoms. The van der Waals surface area contributed by atoms with Gasteiger partial charge in [0, 0.05) is 12.2 Å². The SMILES string of the molecule is Cc1n[nH]c(C)c1CCCN(C)Cc1cccc(C(=O)O)n1. The molecule has 0 saturated carbocycles. The van der Waals surface area contributed by atoms with Crippen molar-refractivity contribution in [1.29, 1.82) is 0 Å². The highest BCUT2D eigenvalue weighted by Crippen LogP contribution is 2.12. The van der Waals surface area contributed by atoms with Gasteiger partial charge in [0.15, 0.2) is 0 Å². The highest BCUT2D eigenvalue weighted by atomic mass is 16.4. The summed E-state index contributed by atoms with van der Waals surface area (Å²) >= 11 is 0. The lowest BCUT2D eigenvalue weighted by Gasteiger charge is -2.16. The Morgan fingerprint density at radius 3 is 2.77 bits per heavy atom. The van der Waals surface area contributed by atoms with E-state index in [1.807, 2.05) is 27.0 Å². The number of hydrogen-bond donors (Lipinski definition) is 2. The number of aromatic carboxylic acids is 1. The normalized spacial score (nSPS) is 11.1. The Hall–Kier alpha value is -2.21. The molecular weight excluding hydrogens is 280 g/mol. The van der Waals surface area contributed by atoms with Gasteiger partial charge in [0.2, 0.25) is 0 Å². The number of pyridine rings is 1. The van der Waals surface area contributed by atoms with E-state index in [0.29, 0.717) is 6.54 Å². The van der Waals surface area contributed by atoms with E-state index in [4.69, 9.17) is 5.11 Å². The van der Waals surface area contributed by atoms with Crippen molar-refractivity contribution in [2.75, 3.05) is 13.6 Å². The molecule has 0 aromatic carbocycles. The molecule has 0 amide bonds. The maximum atomic E-state index is 10.9. The Labute approximate surface area is 130 Å². The van der Waals surface area contributed by atoms with Gasteiger partial charge in [0.05, 0.1) is 11.4 Å². The maximum absolute atomic E-state index is 10.9. The summed E-state index contributed by atoms with van der Waals surface area (Å²) in [6.45, 7) is 5.62. The Balaban J connectivity index is 1.84. The van der Waals surface area contributed by atoms with Crippen molar-refractivity contribution in [3.05, 3.63) is 46.5 Å². The fraction of sp³-hybridized carbons (Fsp3) is 0.438. The lowest BCUT2D eigenvalue weighted by atomic mass is 10.1. The number of H-pyrrole nitrogens is 1. The summed E-state index contributed by atoms with van der Waals surface area (Å²) < 4.78 is 0. The van der Waals surface area contributed by atoms with Crippen molar-refractivity contribution < 1.29 is 9.90 Å². The van der Waals surface area contributed by atoms with Gasteiger partial charge in [-0.05, 0) is 58.0 Å². The first-order chi connectivity index (χ1) is 10.5. The van der Waals surface area contributed by atoms with E-state index in [9.17, 15) is 4.79 Å². The standard InChI is InChI=1S/C16H22N4O2/c1-11-14(12(2)19-18-11)7-5-9-20(3)10-13-6-4-8-15(17-13)16(21)22/h4,6,8H,5,7,9-10H2,1-3H3,(H,18,19)(H,21,22). The van der Waals surface area contributed by atoms with Crippen LogP contribution in [0.15, 0.2) is 18.2 Å². The van der Waals surface area contributed by atoms with Crippen LogP contribution >= 0.6 is 0 Å². The second-order valence-electron chi connectivity index (χ2n) is 5.57. The van der Waals surface area contributed by atoms with Gasteiger partial charge in [-0.1, -0.05) is 6.07 Å². The molecule has 0 aliphatic rings. The molecule has 2 heterocycles. The quantitative estimate of drug-likeness (QED) is 0.819. The van der Waals surface area contributed by atoms with Crippen molar-refractivity contribution >= 4 is 5.97 Å². The summed E-state index contributed by atoms with van der Waals surface area (Å²) in [5, 5.41) is 16.2. The second-order valence-corrected chi connectivity index (χ2v) is 5.57. The van der Waals surface area contributed by atoms with Gasteiger partial charge >= 0.3 is 5.97 Å². The zero-order valence-electron chi connectivity index (χ0n) is 13.3. The molecule has 0 unspecified atom stereocenters. The van der Waals surface area contributed by atoms with Crippen molar-refractivity contribution in [2.24, 2.45) is 0 Å². The third-order valence-corrected chi connectivity index (χ3v) is 3.71. The fourth-order valence-corrected chi connectivity index (χ4v) is 2.51. The minimum Gasteiger partial charge on any atom is -0.477 e. The zero-order valence-corrected chi connectivity index (χ0v) is 13.3. The first-order valence-corrected chi connectivity index (χ1v) is 7.35. The minimum absolute atomic E-state index is 0.0931. The molecule has 0 spiro atoms. The Morgan fingerprint density at radius 2 is 2.14 bits per heavy atom. The molecule has 2 aromatic rings. The molecule has 0 fully saturated rings. The van der Waals surface area contributed by atoms with Crippen LogP contribution < -0.4 is 0 Å². The third kappa shape index (κ3) is 4.14. The smallest absolute Gasteiger partial charge is 0.354 e. The number of carboxylic acids is 1. The number of nitrogens with one attached hydrogen (secondary N) is 1. The van der Waals surface area contributed by atoms with E-state index in [1.165, 1.54) is 11.6 Å². The molecule has 2 rings (SSSR count). The third-order valence-electron chi connectivity index (χ3n) is 3.71. The molecule has 0 aliphatic carbocycles.